The second-order valence-electron chi connectivity index (χ2n) is 5.96. The summed E-state index contributed by atoms with van der Waals surface area (Å²) in [7, 11) is 0. The number of rotatable bonds is 2. The predicted molar refractivity (Wildman–Crippen MR) is 80.3 cm³/mol. The average Bonchev–Trinajstić information content (AvgIpc) is 2.66. The fourth-order valence-corrected chi connectivity index (χ4v) is 3.31. The molecule has 0 saturated heterocycles. The highest BCUT2D eigenvalue weighted by molar-refractivity contribution is 8.15. The van der Waals surface area contributed by atoms with Crippen molar-refractivity contribution in [3.8, 4) is 0 Å². The van der Waals surface area contributed by atoms with Crippen molar-refractivity contribution >= 4 is 22.6 Å². The zero-order valence-corrected chi connectivity index (χ0v) is 12.3. The number of aromatic nitrogens is 1. The van der Waals surface area contributed by atoms with Crippen molar-refractivity contribution in [2.45, 2.75) is 39.4 Å². The van der Waals surface area contributed by atoms with Crippen molar-refractivity contribution in [3.63, 3.8) is 0 Å². The molecule has 0 saturated carbocycles. The molecule has 18 heavy (non-hydrogen) atoms. The summed E-state index contributed by atoms with van der Waals surface area (Å²) in [5.41, 5.74) is 2.42. The Bertz CT molecular complexity index is 431. The zero-order valence-electron chi connectivity index (χ0n) is 11.5. The van der Waals surface area contributed by atoms with Gasteiger partial charge in [0.2, 0.25) is 0 Å². The number of hydrogen-bond acceptors (Lipinski definition) is 4. The Morgan fingerprint density at radius 3 is 2.78 bits per heavy atom. The lowest BCUT2D eigenvalue weighted by molar-refractivity contribution is 0.375. The largest absolute Gasteiger partial charge is 0.334 e. The van der Waals surface area contributed by atoms with Gasteiger partial charge in [0.25, 0.3) is 0 Å². The number of pyridine rings is 1. The van der Waals surface area contributed by atoms with Crippen LogP contribution in [0.2, 0.25) is 0 Å². The standard InChI is InChI=1S/C14H21N3S/c1-10-5-6-11(8-15-10)17-13-16-9-12(18-13)7-14(2,3)4/h5-6,8,12H,7,9H2,1-4H3,(H,16,17). The second-order valence-corrected chi connectivity index (χ2v) is 7.25. The van der Waals surface area contributed by atoms with Crippen LogP contribution in [0.1, 0.15) is 32.9 Å². The summed E-state index contributed by atoms with van der Waals surface area (Å²) in [4.78, 5) is 8.83. The lowest BCUT2D eigenvalue weighted by Crippen LogP contribution is -2.16. The maximum Gasteiger partial charge on any atom is 0.161 e. The highest BCUT2D eigenvalue weighted by atomic mass is 32.2. The molecule has 2 heterocycles. The van der Waals surface area contributed by atoms with Crippen molar-refractivity contribution in [2.75, 3.05) is 11.9 Å². The van der Waals surface area contributed by atoms with Crippen LogP contribution in [0.4, 0.5) is 5.69 Å². The number of aryl methyl sites for hydroxylation is 1. The summed E-state index contributed by atoms with van der Waals surface area (Å²) in [6, 6.07) is 4.05. The van der Waals surface area contributed by atoms with Gasteiger partial charge in [-0.25, -0.2) is 0 Å². The van der Waals surface area contributed by atoms with Crippen LogP contribution in [0.5, 0.6) is 0 Å². The second kappa shape index (κ2) is 5.31. The summed E-state index contributed by atoms with van der Waals surface area (Å²) in [5.74, 6) is 0. The summed E-state index contributed by atoms with van der Waals surface area (Å²) in [6.45, 7) is 9.75. The summed E-state index contributed by atoms with van der Waals surface area (Å²) < 4.78 is 0. The minimum absolute atomic E-state index is 0.369. The van der Waals surface area contributed by atoms with E-state index in [1.807, 2.05) is 37.0 Å². The Morgan fingerprint density at radius 1 is 1.39 bits per heavy atom. The van der Waals surface area contributed by atoms with Crippen LogP contribution >= 0.6 is 11.8 Å². The van der Waals surface area contributed by atoms with Gasteiger partial charge in [-0.05, 0) is 30.9 Å². The van der Waals surface area contributed by atoms with E-state index < -0.39 is 0 Å². The number of anilines is 1. The molecule has 2 rings (SSSR count). The Balaban J connectivity index is 1.88. The molecule has 3 nitrogen and oxygen atoms in total. The Morgan fingerprint density at radius 2 is 2.17 bits per heavy atom. The topological polar surface area (TPSA) is 37.3 Å². The zero-order chi connectivity index (χ0) is 13.2. The number of hydrogen-bond donors (Lipinski definition) is 1. The lowest BCUT2D eigenvalue weighted by Gasteiger charge is -2.21. The molecular weight excluding hydrogens is 242 g/mol. The molecule has 1 unspecified atom stereocenters. The van der Waals surface area contributed by atoms with Crippen LogP contribution in [0.25, 0.3) is 0 Å². The fraction of sp³-hybridized carbons (Fsp3) is 0.571. The first-order valence-corrected chi connectivity index (χ1v) is 7.21. The van der Waals surface area contributed by atoms with Gasteiger partial charge in [-0.15, -0.1) is 0 Å². The quantitative estimate of drug-likeness (QED) is 0.884. The third kappa shape index (κ3) is 4.02. The van der Waals surface area contributed by atoms with Gasteiger partial charge in [-0.2, -0.15) is 0 Å². The summed E-state index contributed by atoms with van der Waals surface area (Å²) in [5, 5.41) is 4.96. The molecule has 98 valence electrons. The number of nitrogens with one attached hydrogen (secondary N) is 1. The molecule has 0 amide bonds. The van der Waals surface area contributed by atoms with E-state index in [0.717, 1.165) is 23.1 Å². The summed E-state index contributed by atoms with van der Waals surface area (Å²) in [6.07, 6.45) is 3.05. The molecule has 0 fully saturated rings. The number of nitrogens with zero attached hydrogens (tertiary/aromatic N) is 2. The van der Waals surface area contributed by atoms with Crippen LogP contribution in [-0.2, 0) is 0 Å². The highest BCUT2D eigenvalue weighted by Crippen LogP contribution is 2.32. The molecular formula is C14H21N3S. The third-order valence-corrected chi connectivity index (χ3v) is 3.82. The molecule has 4 heteroatoms. The van der Waals surface area contributed by atoms with E-state index in [0.29, 0.717) is 10.7 Å². The first-order chi connectivity index (χ1) is 8.42. The minimum Gasteiger partial charge on any atom is -0.334 e. The van der Waals surface area contributed by atoms with E-state index >= 15 is 0 Å². The molecule has 0 aliphatic carbocycles. The highest BCUT2D eigenvalue weighted by Gasteiger charge is 2.24. The van der Waals surface area contributed by atoms with Crippen molar-refractivity contribution < 1.29 is 0 Å². The SMILES string of the molecule is Cc1ccc(NC2=NCC(CC(C)(C)C)S2)cn1. The maximum absolute atomic E-state index is 4.56. The Labute approximate surface area is 113 Å². The third-order valence-electron chi connectivity index (χ3n) is 2.72. The van der Waals surface area contributed by atoms with Gasteiger partial charge in [0.1, 0.15) is 0 Å². The van der Waals surface area contributed by atoms with Gasteiger partial charge < -0.3 is 5.32 Å². The molecule has 0 radical (unpaired) electrons. The normalized spacial score (nSPS) is 19.8. The monoisotopic (exact) mass is 263 g/mol. The van der Waals surface area contributed by atoms with Gasteiger partial charge >= 0.3 is 0 Å². The molecule has 0 aromatic carbocycles. The van der Waals surface area contributed by atoms with E-state index in [2.05, 4.69) is 36.1 Å². The van der Waals surface area contributed by atoms with Gasteiger partial charge in [0.15, 0.2) is 5.17 Å². The van der Waals surface area contributed by atoms with Gasteiger partial charge in [0.05, 0.1) is 18.4 Å². The Kier molecular flexibility index (Phi) is 3.95. The van der Waals surface area contributed by atoms with E-state index in [1.165, 1.54) is 6.42 Å². The van der Waals surface area contributed by atoms with Crippen molar-refractivity contribution in [3.05, 3.63) is 24.0 Å². The molecule has 1 N–H and O–H groups in total. The van der Waals surface area contributed by atoms with Crippen molar-refractivity contribution in [1.82, 2.24) is 4.98 Å². The van der Waals surface area contributed by atoms with Crippen LogP contribution in [0, 0.1) is 12.3 Å². The number of amidine groups is 1. The minimum atomic E-state index is 0.369. The average molecular weight is 263 g/mol. The van der Waals surface area contributed by atoms with Gasteiger partial charge in [-0.1, -0.05) is 32.5 Å². The molecule has 0 bridgehead atoms. The van der Waals surface area contributed by atoms with Crippen LogP contribution < -0.4 is 5.32 Å². The molecule has 1 aromatic heterocycles. The van der Waals surface area contributed by atoms with Crippen LogP contribution in [-0.4, -0.2) is 21.9 Å². The van der Waals surface area contributed by atoms with Crippen molar-refractivity contribution in [2.24, 2.45) is 10.4 Å². The van der Waals surface area contributed by atoms with E-state index in [-0.39, 0.29) is 0 Å². The van der Waals surface area contributed by atoms with E-state index in [4.69, 9.17) is 0 Å². The Hall–Kier alpha value is -1.03. The molecule has 1 aliphatic rings. The van der Waals surface area contributed by atoms with Gasteiger partial charge in [0, 0.05) is 10.9 Å². The van der Waals surface area contributed by atoms with Crippen molar-refractivity contribution in [1.29, 1.82) is 0 Å². The molecule has 1 aliphatic heterocycles. The van der Waals surface area contributed by atoms with Crippen LogP contribution in [0.3, 0.4) is 0 Å². The first kappa shape index (κ1) is 13.4. The lowest BCUT2D eigenvalue weighted by atomic mass is 9.90. The summed E-state index contributed by atoms with van der Waals surface area (Å²) >= 11 is 1.85. The van der Waals surface area contributed by atoms with E-state index in [9.17, 15) is 0 Å². The maximum atomic E-state index is 4.56. The van der Waals surface area contributed by atoms with Gasteiger partial charge in [-0.3, -0.25) is 9.98 Å². The fourth-order valence-electron chi connectivity index (χ4n) is 1.94. The van der Waals surface area contributed by atoms with E-state index in [1.54, 1.807) is 0 Å². The first-order valence-electron chi connectivity index (χ1n) is 6.33. The molecule has 0 spiro atoms. The molecule has 1 atom stereocenters. The smallest absolute Gasteiger partial charge is 0.161 e. The molecule has 1 aromatic rings. The van der Waals surface area contributed by atoms with Crippen LogP contribution in [0.15, 0.2) is 23.3 Å². The number of aliphatic imine (C=N–C) groups is 1. The number of thioether (sulfide) groups is 1. The predicted octanol–water partition coefficient (Wildman–Crippen LogP) is 3.71.